The van der Waals surface area contributed by atoms with Gasteiger partial charge in [0.25, 0.3) is 0 Å². The van der Waals surface area contributed by atoms with Crippen molar-refractivity contribution in [1.82, 2.24) is 5.09 Å². The highest BCUT2D eigenvalue weighted by Gasteiger charge is 2.34. The maximum Gasteiger partial charge on any atom is 0.354 e. The molecule has 1 aliphatic rings. The summed E-state index contributed by atoms with van der Waals surface area (Å²) >= 11 is 0. The molecular formula is C33H42NO6P. The third-order valence-corrected chi connectivity index (χ3v) is 9.35. The molecule has 3 aromatic rings. The van der Waals surface area contributed by atoms with Crippen LogP contribution in [0, 0.1) is 13.8 Å². The maximum atomic E-state index is 13.9. The van der Waals surface area contributed by atoms with Crippen LogP contribution >= 0.6 is 7.52 Å². The number of aryl methyl sites for hydroxylation is 2. The van der Waals surface area contributed by atoms with E-state index in [-0.39, 0.29) is 17.9 Å². The second-order valence-corrected chi connectivity index (χ2v) is 13.9. The van der Waals surface area contributed by atoms with Crippen molar-refractivity contribution < 1.29 is 28.5 Å². The van der Waals surface area contributed by atoms with E-state index in [0.717, 1.165) is 36.0 Å². The number of hydrogen-bond acceptors (Lipinski definition) is 6. The topological polar surface area (TPSA) is 94.1 Å². The molecule has 0 saturated carbocycles. The summed E-state index contributed by atoms with van der Waals surface area (Å²) in [5.41, 5.74) is 6.82. The van der Waals surface area contributed by atoms with Gasteiger partial charge in [-0.1, -0.05) is 38.1 Å². The van der Waals surface area contributed by atoms with E-state index in [1.807, 2.05) is 44.2 Å². The number of nitrogens with one attached hydrogen (secondary N) is 1. The van der Waals surface area contributed by atoms with Crippen LogP contribution in [0.2, 0.25) is 0 Å². The first kappa shape index (κ1) is 30.7. The van der Waals surface area contributed by atoms with E-state index in [2.05, 4.69) is 18.9 Å². The van der Waals surface area contributed by atoms with Gasteiger partial charge in [0.15, 0.2) is 6.35 Å². The number of carbonyl (C=O) groups is 1. The summed E-state index contributed by atoms with van der Waals surface area (Å²) < 4.78 is 31.1. The largest absolute Gasteiger partial charge is 0.508 e. The van der Waals surface area contributed by atoms with Crippen LogP contribution in [0.3, 0.4) is 0 Å². The summed E-state index contributed by atoms with van der Waals surface area (Å²) in [5, 5.41) is 13.4. The Morgan fingerprint density at radius 2 is 1.68 bits per heavy atom. The molecule has 2 atom stereocenters. The highest BCUT2D eigenvalue weighted by atomic mass is 31.2. The van der Waals surface area contributed by atoms with Crippen molar-refractivity contribution in [3.63, 3.8) is 0 Å². The fourth-order valence-corrected chi connectivity index (χ4v) is 7.19. The first-order valence-corrected chi connectivity index (χ1v) is 16.0. The minimum atomic E-state index is -3.68. The Hall–Kier alpha value is -3.28. The molecule has 0 radical (unpaired) electrons. The molecule has 0 saturated heterocycles. The van der Waals surface area contributed by atoms with Gasteiger partial charge < -0.3 is 19.1 Å². The molecule has 0 bridgehead atoms. The zero-order chi connectivity index (χ0) is 29.9. The van der Waals surface area contributed by atoms with Gasteiger partial charge in [-0.15, -0.1) is 0 Å². The zero-order valence-corrected chi connectivity index (χ0v) is 26.0. The van der Waals surface area contributed by atoms with Gasteiger partial charge in [0.05, 0.1) is 6.10 Å². The summed E-state index contributed by atoms with van der Waals surface area (Å²) in [5.74, 6) is 0.837. The first-order valence-electron chi connectivity index (χ1n) is 14.2. The number of esters is 1. The summed E-state index contributed by atoms with van der Waals surface area (Å²) in [6.45, 7) is 13.6. The second-order valence-electron chi connectivity index (χ2n) is 11.9. The minimum absolute atomic E-state index is 0.0377. The molecule has 3 aromatic carbocycles. The van der Waals surface area contributed by atoms with E-state index in [4.69, 9.17) is 14.0 Å². The van der Waals surface area contributed by atoms with Gasteiger partial charge in [0.2, 0.25) is 0 Å². The molecule has 41 heavy (non-hydrogen) atoms. The average molecular weight is 580 g/mol. The molecule has 8 heteroatoms. The Labute approximate surface area is 243 Å². The van der Waals surface area contributed by atoms with E-state index < -0.39 is 19.5 Å². The van der Waals surface area contributed by atoms with Crippen molar-refractivity contribution in [2.45, 2.75) is 85.3 Å². The highest BCUT2D eigenvalue weighted by molar-refractivity contribution is 7.57. The Morgan fingerprint density at radius 1 is 1.02 bits per heavy atom. The fraction of sp³-hybridized carbons (Fsp3) is 0.424. The van der Waals surface area contributed by atoms with E-state index in [1.54, 1.807) is 45.0 Å². The lowest BCUT2D eigenvalue weighted by Gasteiger charge is -2.24. The summed E-state index contributed by atoms with van der Waals surface area (Å²) in [6, 6.07) is 15.7. The number of aromatic hydroxyl groups is 1. The molecule has 0 aromatic heterocycles. The van der Waals surface area contributed by atoms with E-state index >= 15 is 0 Å². The van der Waals surface area contributed by atoms with Crippen LogP contribution in [0.15, 0.2) is 54.6 Å². The molecule has 0 heterocycles. The average Bonchev–Trinajstić information content (AvgIpc) is 3.22. The van der Waals surface area contributed by atoms with Crippen molar-refractivity contribution in [3.05, 3.63) is 88.0 Å². The van der Waals surface area contributed by atoms with Gasteiger partial charge in [-0.05, 0) is 117 Å². The van der Waals surface area contributed by atoms with Crippen molar-refractivity contribution in [3.8, 4) is 17.2 Å². The van der Waals surface area contributed by atoms with E-state index in [9.17, 15) is 14.5 Å². The Balaban J connectivity index is 1.54. The quantitative estimate of drug-likeness (QED) is 0.181. The van der Waals surface area contributed by atoms with E-state index in [0.29, 0.717) is 17.2 Å². The lowest BCUT2D eigenvalue weighted by molar-refractivity contribution is -0.149. The standard InChI is InChI=1S/C33H42NO6P/c1-21(2)39-32(36)24(5)34-41(37,40-26-11-9-8-10-12-26)20-38-27-17-22(3)29(23(4)18-27)19-25-13-14-30(35)31-28(25)15-16-33(31,6)7/h8-14,17-18,21,24,35H,15-16,19-20H2,1-7H3,(H,34,37)/t24-,41+/m0/s1. The van der Waals surface area contributed by atoms with Gasteiger partial charge >= 0.3 is 13.5 Å². The van der Waals surface area contributed by atoms with Crippen molar-refractivity contribution in [1.29, 1.82) is 0 Å². The molecule has 0 fully saturated rings. The normalized spacial score (nSPS) is 16.1. The van der Waals surface area contributed by atoms with E-state index in [1.165, 1.54) is 16.7 Å². The Kier molecular flexibility index (Phi) is 9.20. The monoisotopic (exact) mass is 579 g/mol. The summed E-state index contributed by atoms with van der Waals surface area (Å²) in [7, 11) is -3.68. The molecule has 2 N–H and O–H groups in total. The number of carbonyl (C=O) groups excluding carboxylic acids is 1. The van der Waals surface area contributed by atoms with Gasteiger partial charge in [-0.3, -0.25) is 9.36 Å². The second kappa shape index (κ2) is 12.3. The molecular weight excluding hydrogens is 537 g/mol. The SMILES string of the molecule is Cc1cc(OC[P@](=O)(N[C@@H](C)C(=O)OC(C)C)Oc2ccccc2)cc(C)c1Cc1ccc(O)c2c1CCC2(C)C. The van der Waals surface area contributed by atoms with Crippen LogP contribution in [0.5, 0.6) is 17.2 Å². The van der Waals surface area contributed by atoms with Gasteiger partial charge in [-0.25, -0.2) is 5.09 Å². The third kappa shape index (κ3) is 7.33. The molecule has 0 spiro atoms. The van der Waals surface area contributed by atoms with Gasteiger partial charge in [0.1, 0.15) is 23.3 Å². The van der Waals surface area contributed by atoms with Gasteiger partial charge in [0, 0.05) is 5.56 Å². The number of phenols is 1. The van der Waals surface area contributed by atoms with Crippen LogP contribution < -0.4 is 14.3 Å². The zero-order valence-electron chi connectivity index (χ0n) is 25.1. The number of rotatable bonds is 11. The van der Waals surface area contributed by atoms with Gasteiger partial charge in [-0.2, -0.15) is 0 Å². The van der Waals surface area contributed by atoms with Crippen LogP contribution in [0.4, 0.5) is 0 Å². The Bertz CT molecular complexity index is 1430. The molecule has 0 aliphatic heterocycles. The highest BCUT2D eigenvalue weighted by Crippen LogP contribution is 2.46. The van der Waals surface area contributed by atoms with Crippen LogP contribution in [-0.4, -0.2) is 29.6 Å². The number of hydrogen-bond donors (Lipinski definition) is 2. The van der Waals surface area contributed by atoms with Crippen molar-refractivity contribution >= 4 is 13.5 Å². The lowest BCUT2D eigenvalue weighted by atomic mass is 9.84. The molecule has 7 nitrogen and oxygen atoms in total. The van der Waals surface area contributed by atoms with Crippen LogP contribution in [-0.2, 0) is 32.4 Å². The number of ether oxygens (including phenoxy) is 2. The van der Waals surface area contributed by atoms with Crippen LogP contribution in [0.1, 0.15) is 74.4 Å². The summed E-state index contributed by atoms with van der Waals surface area (Å²) in [4.78, 5) is 12.4. The minimum Gasteiger partial charge on any atom is -0.508 e. The lowest BCUT2D eigenvalue weighted by Crippen LogP contribution is -2.36. The summed E-state index contributed by atoms with van der Waals surface area (Å²) in [6.07, 6.45) is 2.16. The number of phenolic OH excluding ortho intramolecular Hbond substituents is 1. The molecule has 4 rings (SSSR count). The van der Waals surface area contributed by atoms with Crippen molar-refractivity contribution in [2.75, 3.05) is 6.35 Å². The predicted molar refractivity (Wildman–Crippen MR) is 162 cm³/mol. The smallest absolute Gasteiger partial charge is 0.354 e. The third-order valence-electron chi connectivity index (χ3n) is 7.59. The fourth-order valence-electron chi connectivity index (χ4n) is 5.54. The maximum absolute atomic E-state index is 13.9. The number of fused-ring (bicyclic) bond motifs is 1. The van der Waals surface area contributed by atoms with Crippen molar-refractivity contribution in [2.24, 2.45) is 0 Å². The number of benzene rings is 3. The molecule has 220 valence electrons. The predicted octanol–water partition coefficient (Wildman–Crippen LogP) is 7.36. The molecule has 1 aliphatic carbocycles. The molecule has 0 unspecified atom stereocenters. The Morgan fingerprint density at radius 3 is 2.32 bits per heavy atom. The number of para-hydroxylation sites is 1. The first-order chi connectivity index (χ1) is 19.3. The molecule has 0 amide bonds. The van der Waals surface area contributed by atoms with Crippen LogP contribution in [0.25, 0.3) is 0 Å².